The number of hydrogen-bond acceptors (Lipinski definition) is 5. The first-order valence-corrected chi connectivity index (χ1v) is 10.2. The standard InChI is InChI=1S/C20H38N2O2.CH2O.2H2/c1-5-8-14-20(15-9-6-2)17-22(18(7-3)21-20)16-12-10-11-13-19(23)24-4;1-2;;/h7,21H,5-6,8-17H2,1-4H3;1H2;2*1H/b18-7+;;;. The first-order chi connectivity index (χ1) is 12.6. The van der Waals surface area contributed by atoms with Crippen molar-refractivity contribution in [2.45, 2.75) is 90.5 Å². The fourth-order valence-electron chi connectivity index (χ4n) is 3.58. The van der Waals surface area contributed by atoms with Crippen LogP contribution in [0.5, 0.6) is 0 Å². The zero-order chi connectivity index (χ0) is 19.8. The number of carbonyl (C=O) groups excluding carboxylic acids is 2. The fraction of sp³-hybridized carbons (Fsp3) is 0.810. The maximum Gasteiger partial charge on any atom is 0.305 e. The lowest BCUT2D eigenvalue weighted by Crippen LogP contribution is -2.42. The lowest BCUT2D eigenvalue weighted by molar-refractivity contribution is -0.140. The van der Waals surface area contributed by atoms with Crippen LogP contribution in [0.15, 0.2) is 11.9 Å². The average molecular weight is 373 g/mol. The number of rotatable bonds is 12. The number of allylic oxidation sites excluding steroid dienone is 1. The van der Waals surface area contributed by atoms with Crippen LogP contribution < -0.4 is 5.32 Å². The second-order valence-electron chi connectivity index (χ2n) is 7.09. The molecule has 156 valence electrons. The van der Waals surface area contributed by atoms with E-state index in [0.29, 0.717) is 6.42 Å². The lowest BCUT2D eigenvalue weighted by atomic mass is 9.88. The van der Waals surface area contributed by atoms with Crippen LogP contribution in [-0.4, -0.2) is 43.4 Å². The van der Waals surface area contributed by atoms with Crippen molar-refractivity contribution in [3.05, 3.63) is 11.9 Å². The quantitative estimate of drug-likeness (QED) is 0.389. The van der Waals surface area contributed by atoms with Crippen molar-refractivity contribution >= 4 is 12.8 Å². The second kappa shape index (κ2) is 14.6. The van der Waals surface area contributed by atoms with Gasteiger partial charge in [0.2, 0.25) is 0 Å². The number of hydrogen-bond donors (Lipinski definition) is 1. The van der Waals surface area contributed by atoms with Crippen molar-refractivity contribution in [3.63, 3.8) is 0 Å². The van der Waals surface area contributed by atoms with Gasteiger partial charge in [-0.1, -0.05) is 46.0 Å². The highest BCUT2D eigenvalue weighted by atomic mass is 16.5. The molecule has 0 unspecified atom stereocenters. The summed E-state index contributed by atoms with van der Waals surface area (Å²) in [5.74, 6) is 1.21. The van der Waals surface area contributed by atoms with Gasteiger partial charge in [0.25, 0.3) is 0 Å². The molecule has 0 aliphatic carbocycles. The number of ether oxygens (including phenoxy) is 1. The molecule has 1 rings (SSSR count). The first kappa shape index (κ1) is 24.5. The summed E-state index contributed by atoms with van der Waals surface area (Å²) in [6.07, 6.45) is 13.5. The predicted molar refractivity (Wildman–Crippen MR) is 112 cm³/mol. The molecule has 0 saturated carbocycles. The summed E-state index contributed by atoms with van der Waals surface area (Å²) < 4.78 is 4.70. The molecule has 5 heteroatoms. The molecule has 0 aromatic heterocycles. The second-order valence-corrected chi connectivity index (χ2v) is 7.09. The van der Waals surface area contributed by atoms with Gasteiger partial charge in [0.15, 0.2) is 0 Å². The summed E-state index contributed by atoms with van der Waals surface area (Å²) in [4.78, 5) is 21.7. The Morgan fingerprint density at radius 2 is 1.81 bits per heavy atom. The number of carbonyl (C=O) groups is 2. The maximum absolute atomic E-state index is 11.2. The molecular weight excluding hydrogens is 328 g/mol. The van der Waals surface area contributed by atoms with Gasteiger partial charge in [0, 0.05) is 22.4 Å². The number of unbranched alkanes of at least 4 members (excludes halogenated alkanes) is 4. The molecule has 26 heavy (non-hydrogen) atoms. The van der Waals surface area contributed by atoms with Crippen molar-refractivity contribution < 1.29 is 17.2 Å². The Bertz CT molecular complexity index is 412. The SMILES string of the molecule is C/C=C1\NC(CCCC)(CCCC)CN1CCCCCC(=O)OC.C=O.[HH].[HH]. The molecule has 0 amide bonds. The monoisotopic (exact) mass is 372 g/mol. The van der Waals surface area contributed by atoms with Crippen LogP contribution in [0, 0.1) is 0 Å². The van der Waals surface area contributed by atoms with E-state index in [-0.39, 0.29) is 14.4 Å². The van der Waals surface area contributed by atoms with E-state index in [1.54, 1.807) is 0 Å². The van der Waals surface area contributed by atoms with Crippen LogP contribution in [0.3, 0.4) is 0 Å². The van der Waals surface area contributed by atoms with Gasteiger partial charge >= 0.3 is 5.97 Å². The van der Waals surface area contributed by atoms with Gasteiger partial charge < -0.3 is 19.7 Å². The van der Waals surface area contributed by atoms with Crippen molar-refractivity contribution in [2.24, 2.45) is 0 Å². The summed E-state index contributed by atoms with van der Waals surface area (Å²) in [5.41, 5.74) is 0.264. The van der Waals surface area contributed by atoms with Crippen molar-refractivity contribution in [3.8, 4) is 0 Å². The van der Waals surface area contributed by atoms with Crippen LogP contribution in [0.1, 0.15) is 87.8 Å². The highest BCUT2D eigenvalue weighted by molar-refractivity contribution is 5.68. The Balaban J connectivity index is -0.00000151. The minimum Gasteiger partial charge on any atom is -0.469 e. The van der Waals surface area contributed by atoms with Crippen LogP contribution in [0.25, 0.3) is 0 Å². The Labute approximate surface area is 163 Å². The number of nitrogens with one attached hydrogen (secondary N) is 1. The van der Waals surface area contributed by atoms with E-state index in [2.05, 4.69) is 37.1 Å². The molecule has 0 aromatic rings. The van der Waals surface area contributed by atoms with Gasteiger partial charge in [-0.15, -0.1) is 0 Å². The number of esters is 1. The molecule has 5 nitrogen and oxygen atoms in total. The molecule has 1 fully saturated rings. The van der Waals surface area contributed by atoms with E-state index in [0.717, 1.165) is 32.4 Å². The zero-order valence-corrected chi connectivity index (χ0v) is 17.4. The highest BCUT2D eigenvalue weighted by Crippen LogP contribution is 2.31. The van der Waals surface area contributed by atoms with Gasteiger partial charge in [-0.3, -0.25) is 4.79 Å². The van der Waals surface area contributed by atoms with Gasteiger partial charge in [-0.05, 0) is 38.7 Å². The first-order valence-electron chi connectivity index (χ1n) is 10.2. The summed E-state index contributed by atoms with van der Waals surface area (Å²) >= 11 is 0. The maximum atomic E-state index is 11.2. The smallest absolute Gasteiger partial charge is 0.305 e. The average Bonchev–Trinajstić information content (AvgIpc) is 3.04. The third-order valence-corrected chi connectivity index (χ3v) is 5.06. The molecule has 0 radical (unpaired) electrons. The molecule has 0 spiro atoms. The summed E-state index contributed by atoms with van der Waals surface area (Å²) in [6, 6.07) is 0. The molecule has 1 aliphatic heterocycles. The van der Waals surface area contributed by atoms with Crippen molar-refractivity contribution in [1.29, 1.82) is 0 Å². The van der Waals surface area contributed by atoms with Gasteiger partial charge in [-0.2, -0.15) is 0 Å². The van der Waals surface area contributed by atoms with E-state index in [1.165, 1.54) is 51.5 Å². The van der Waals surface area contributed by atoms with Crippen LogP contribution >= 0.6 is 0 Å². The molecule has 1 heterocycles. The van der Waals surface area contributed by atoms with E-state index in [1.807, 2.05) is 6.79 Å². The van der Waals surface area contributed by atoms with Crippen molar-refractivity contribution in [2.75, 3.05) is 20.2 Å². The Kier molecular flexibility index (Phi) is 13.8. The van der Waals surface area contributed by atoms with E-state index >= 15 is 0 Å². The Morgan fingerprint density at radius 1 is 1.19 bits per heavy atom. The fourth-order valence-corrected chi connectivity index (χ4v) is 3.58. The van der Waals surface area contributed by atoms with Crippen LogP contribution in [-0.2, 0) is 14.3 Å². The molecule has 1 saturated heterocycles. The third-order valence-electron chi connectivity index (χ3n) is 5.06. The molecule has 1 aliphatic rings. The molecule has 0 aromatic carbocycles. The number of nitrogens with zero attached hydrogens (tertiary/aromatic N) is 1. The predicted octanol–water partition coefficient (Wildman–Crippen LogP) is 4.91. The zero-order valence-electron chi connectivity index (χ0n) is 17.4. The van der Waals surface area contributed by atoms with E-state index in [9.17, 15) is 4.79 Å². The van der Waals surface area contributed by atoms with E-state index < -0.39 is 0 Å². The Hall–Kier alpha value is -1.52. The molecule has 0 atom stereocenters. The number of methoxy groups -OCH3 is 1. The summed E-state index contributed by atoms with van der Waals surface area (Å²) in [6.45, 7) is 10.9. The summed E-state index contributed by atoms with van der Waals surface area (Å²) in [5, 5.41) is 3.86. The molecule has 1 N–H and O–H groups in total. The highest BCUT2D eigenvalue weighted by Gasteiger charge is 2.38. The molecular formula is C21H44N2O3. The minimum absolute atomic E-state index is 0. The minimum atomic E-state index is -0.0925. The van der Waals surface area contributed by atoms with Crippen LogP contribution in [0.4, 0.5) is 0 Å². The van der Waals surface area contributed by atoms with E-state index in [4.69, 9.17) is 9.53 Å². The largest absolute Gasteiger partial charge is 0.469 e. The van der Waals surface area contributed by atoms with Crippen molar-refractivity contribution in [1.82, 2.24) is 10.2 Å². The van der Waals surface area contributed by atoms with Gasteiger partial charge in [0.1, 0.15) is 6.79 Å². The third kappa shape index (κ3) is 8.72. The Morgan fingerprint density at radius 3 is 2.31 bits per heavy atom. The topological polar surface area (TPSA) is 58.6 Å². The lowest BCUT2D eigenvalue weighted by Gasteiger charge is -2.29. The van der Waals surface area contributed by atoms with Gasteiger partial charge in [0.05, 0.1) is 18.5 Å². The normalized spacial score (nSPS) is 16.8. The summed E-state index contributed by atoms with van der Waals surface area (Å²) in [7, 11) is 1.46. The molecule has 0 bridgehead atoms. The van der Waals surface area contributed by atoms with Gasteiger partial charge in [-0.25, -0.2) is 0 Å². The van der Waals surface area contributed by atoms with Crippen LogP contribution in [0.2, 0.25) is 0 Å².